The van der Waals surface area contributed by atoms with E-state index in [0.29, 0.717) is 0 Å². The van der Waals surface area contributed by atoms with Crippen molar-refractivity contribution in [1.29, 1.82) is 0 Å². The van der Waals surface area contributed by atoms with Crippen LogP contribution >= 0.6 is 15.9 Å². The zero-order chi connectivity index (χ0) is 11.4. The Bertz CT molecular complexity index is 334. The third kappa shape index (κ3) is 2.97. The number of pyridine rings is 1. The second-order valence-electron chi connectivity index (χ2n) is 4.69. The summed E-state index contributed by atoms with van der Waals surface area (Å²) in [6.45, 7) is 1.13. The van der Waals surface area contributed by atoms with E-state index in [1.165, 1.54) is 32.1 Å². The summed E-state index contributed by atoms with van der Waals surface area (Å²) in [6.07, 6.45) is 8.86. The van der Waals surface area contributed by atoms with Crippen molar-refractivity contribution in [1.82, 2.24) is 4.98 Å². The number of hydrogen-bond donors (Lipinski definition) is 0. The Hall–Kier alpha value is -0.570. The van der Waals surface area contributed by atoms with Crippen LogP contribution < -0.4 is 4.90 Å². The van der Waals surface area contributed by atoms with E-state index in [2.05, 4.69) is 38.9 Å². The first-order valence-electron chi connectivity index (χ1n) is 6.09. The average molecular weight is 283 g/mol. The van der Waals surface area contributed by atoms with Crippen molar-refractivity contribution in [2.75, 3.05) is 18.5 Å². The topological polar surface area (TPSA) is 16.1 Å². The molecule has 88 valence electrons. The molecule has 1 heterocycles. The second-order valence-corrected chi connectivity index (χ2v) is 5.55. The molecule has 0 amide bonds. The van der Waals surface area contributed by atoms with Crippen LogP contribution in [0.1, 0.15) is 32.1 Å². The van der Waals surface area contributed by atoms with Gasteiger partial charge in [-0.2, -0.15) is 0 Å². The minimum atomic E-state index is 0.854. The molecule has 0 unspecified atom stereocenters. The van der Waals surface area contributed by atoms with Gasteiger partial charge in [0.25, 0.3) is 0 Å². The normalized spacial score (nSPS) is 17.4. The van der Waals surface area contributed by atoms with Gasteiger partial charge >= 0.3 is 0 Å². The van der Waals surface area contributed by atoms with E-state index in [1.54, 1.807) is 0 Å². The van der Waals surface area contributed by atoms with Crippen LogP contribution in [0.25, 0.3) is 0 Å². The smallest absolute Gasteiger partial charge is 0.142 e. The first-order chi connectivity index (χ1) is 7.77. The molecule has 0 saturated heterocycles. The molecular weight excluding hydrogens is 264 g/mol. The van der Waals surface area contributed by atoms with Crippen LogP contribution in [0.3, 0.4) is 0 Å². The van der Waals surface area contributed by atoms with E-state index in [0.717, 1.165) is 22.8 Å². The maximum Gasteiger partial charge on any atom is 0.142 e. The summed E-state index contributed by atoms with van der Waals surface area (Å²) < 4.78 is 1.09. The second kappa shape index (κ2) is 5.67. The molecule has 0 radical (unpaired) electrons. The van der Waals surface area contributed by atoms with E-state index in [-0.39, 0.29) is 0 Å². The predicted octanol–water partition coefficient (Wildman–Crippen LogP) is 3.86. The highest BCUT2D eigenvalue weighted by Crippen LogP contribution is 2.27. The molecule has 1 aliphatic rings. The van der Waals surface area contributed by atoms with Crippen molar-refractivity contribution in [2.24, 2.45) is 5.92 Å². The summed E-state index contributed by atoms with van der Waals surface area (Å²) in [5.74, 6) is 1.92. The van der Waals surface area contributed by atoms with E-state index in [9.17, 15) is 0 Å². The first-order valence-corrected chi connectivity index (χ1v) is 6.88. The van der Waals surface area contributed by atoms with Gasteiger partial charge in [0.1, 0.15) is 5.82 Å². The number of rotatable bonds is 3. The lowest BCUT2D eigenvalue weighted by Crippen LogP contribution is -2.27. The largest absolute Gasteiger partial charge is 0.358 e. The SMILES string of the molecule is CN(CC1CCCCC1)c1ncccc1Br. The Balaban J connectivity index is 1.96. The van der Waals surface area contributed by atoms with Gasteiger partial charge in [-0.15, -0.1) is 0 Å². The standard InChI is InChI=1S/C13H19BrN2/c1-16(10-11-6-3-2-4-7-11)13-12(14)8-5-9-15-13/h5,8-9,11H,2-4,6-7,10H2,1H3. The quantitative estimate of drug-likeness (QED) is 0.837. The fraction of sp³-hybridized carbons (Fsp3) is 0.615. The molecular formula is C13H19BrN2. The fourth-order valence-corrected chi connectivity index (χ4v) is 3.06. The Morgan fingerprint density at radius 2 is 2.12 bits per heavy atom. The van der Waals surface area contributed by atoms with Crippen molar-refractivity contribution in [3.8, 4) is 0 Å². The Morgan fingerprint density at radius 3 is 2.81 bits per heavy atom. The minimum absolute atomic E-state index is 0.854. The van der Waals surface area contributed by atoms with Gasteiger partial charge in [-0.05, 0) is 46.8 Å². The summed E-state index contributed by atoms with van der Waals surface area (Å²) in [7, 11) is 2.14. The van der Waals surface area contributed by atoms with Crippen molar-refractivity contribution in [3.05, 3.63) is 22.8 Å². The average Bonchev–Trinajstić information content (AvgIpc) is 2.31. The van der Waals surface area contributed by atoms with Gasteiger partial charge in [-0.1, -0.05) is 19.3 Å². The number of hydrogen-bond acceptors (Lipinski definition) is 2. The van der Waals surface area contributed by atoms with Crippen LogP contribution in [-0.4, -0.2) is 18.6 Å². The van der Waals surface area contributed by atoms with E-state index in [4.69, 9.17) is 0 Å². The van der Waals surface area contributed by atoms with Crippen molar-refractivity contribution in [3.63, 3.8) is 0 Å². The number of halogens is 1. The zero-order valence-electron chi connectivity index (χ0n) is 9.82. The Morgan fingerprint density at radius 1 is 1.38 bits per heavy atom. The van der Waals surface area contributed by atoms with Crippen molar-refractivity contribution in [2.45, 2.75) is 32.1 Å². The first kappa shape index (κ1) is 11.9. The Labute approximate surface area is 106 Å². The summed E-state index contributed by atoms with van der Waals surface area (Å²) in [6, 6.07) is 4.02. The third-order valence-corrected chi connectivity index (χ3v) is 3.98. The van der Waals surface area contributed by atoms with Crippen LogP contribution in [0.2, 0.25) is 0 Å². The van der Waals surface area contributed by atoms with Crippen LogP contribution in [0.15, 0.2) is 22.8 Å². The molecule has 1 aromatic heterocycles. The number of anilines is 1. The lowest BCUT2D eigenvalue weighted by atomic mass is 9.89. The van der Waals surface area contributed by atoms with Gasteiger partial charge in [0, 0.05) is 19.8 Å². The summed E-state index contributed by atoms with van der Waals surface area (Å²) in [5, 5.41) is 0. The third-order valence-electron chi connectivity index (χ3n) is 3.36. The molecule has 2 rings (SSSR count). The van der Waals surface area contributed by atoms with Crippen LogP contribution in [0.4, 0.5) is 5.82 Å². The van der Waals surface area contributed by atoms with E-state index >= 15 is 0 Å². The number of aromatic nitrogens is 1. The molecule has 0 aliphatic heterocycles. The summed E-state index contributed by atoms with van der Waals surface area (Å²) in [5.41, 5.74) is 0. The van der Waals surface area contributed by atoms with Gasteiger partial charge in [-0.25, -0.2) is 4.98 Å². The molecule has 3 heteroatoms. The van der Waals surface area contributed by atoms with E-state index in [1.807, 2.05) is 12.3 Å². The molecule has 1 aromatic rings. The van der Waals surface area contributed by atoms with Crippen LogP contribution in [0, 0.1) is 5.92 Å². The molecule has 0 spiro atoms. The lowest BCUT2D eigenvalue weighted by Gasteiger charge is -2.28. The fourth-order valence-electron chi connectivity index (χ4n) is 2.50. The molecule has 1 aliphatic carbocycles. The van der Waals surface area contributed by atoms with Crippen LogP contribution in [-0.2, 0) is 0 Å². The predicted molar refractivity (Wildman–Crippen MR) is 71.8 cm³/mol. The maximum atomic E-state index is 4.42. The monoisotopic (exact) mass is 282 g/mol. The molecule has 0 aromatic carbocycles. The highest BCUT2D eigenvalue weighted by Gasteiger charge is 2.16. The lowest BCUT2D eigenvalue weighted by molar-refractivity contribution is 0.361. The maximum absolute atomic E-state index is 4.42. The zero-order valence-corrected chi connectivity index (χ0v) is 11.4. The molecule has 0 bridgehead atoms. The summed E-state index contributed by atoms with van der Waals surface area (Å²) in [4.78, 5) is 6.70. The molecule has 1 saturated carbocycles. The molecule has 16 heavy (non-hydrogen) atoms. The summed E-state index contributed by atoms with van der Waals surface area (Å²) >= 11 is 3.56. The molecule has 1 fully saturated rings. The van der Waals surface area contributed by atoms with Gasteiger partial charge in [0.05, 0.1) is 4.47 Å². The van der Waals surface area contributed by atoms with Crippen molar-refractivity contribution < 1.29 is 0 Å². The van der Waals surface area contributed by atoms with Crippen molar-refractivity contribution >= 4 is 21.7 Å². The molecule has 2 nitrogen and oxygen atoms in total. The van der Waals surface area contributed by atoms with E-state index < -0.39 is 0 Å². The van der Waals surface area contributed by atoms with Gasteiger partial charge < -0.3 is 4.90 Å². The van der Waals surface area contributed by atoms with Crippen LogP contribution in [0.5, 0.6) is 0 Å². The van der Waals surface area contributed by atoms with Gasteiger partial charge in [0.2, 0.25) is 0 Å². The molecule has 0 atom stereocenters. The van der Waals surface area contributed by atoms with Gasteiger partial charge in [-0.3, -0.25) is 0 Å². The highest BCUT2D eigenvalue weighted by atomic mass is 79.9. The minimum Gasteiger partial charge on any atom is -0.358 e. The highest BCUT2D eigenvalue weighted by molar-refractivity contribution is 9.10. The molecule has 0 N–H and O–H groups in total. The van der Waals surface area contributed by atoms with Gasteiger partial charge in [0.15, 0.2) is 0 Å². The Kier molecular flexibility index (Phi) is 4.22. The number of nitrogens with zero attached hydrogens (tertiary/aromatic N) is 2.